The number of ether oxygens (including phenoxy) is 3. The summed E-state index contributed by atoms with van der Waals surface area (Å²) in [4.78, 5) is 26.0. The van der Waals surface area contributed by atoms with E-state index in [9.17, 15) is 14.9 Å². The normalized spacial score (nSPS) is 10.5. The highest BCUT2D eigenvalue weighted by Crippen LogP contribution is 2.27. The number of methoxy groups -OCH3 is 1. The number of nitrogens with zero attached hydrogens (tertiary/aromatic N) is 3. The topological polar surface area (TPSA) is 125 Å². The van der Waals surface area contributed by atoms with Crippen LogP contribution in [0.5, 0.6) is 17.2 Å². The summed E-state index contributed by atoms with van der Waals surface area (Å²) in [6, 6.07) is 14.2. The molecule has 1 aromatic heterocycles. The molecule has 10 nitrogen and oxygen atoms in total. The van der Waals surface area contributed by atoms with Gasteiger partial charge in [-0.05, 0) is 48.0 Å². The highest BCUT2D eigenvalue weighted by molar-refractivity contribution is 5.94. The molecule has 0 radical (unpaired) electrons. The Bertz CT molecular complexity index is 1090. The van der Waals surface area contributed by atoms with Crippen molar-refractivity contribution in [2.45, 2.75) is 0 Å². The molecule has 1 amide bonds. The third-order valence-electron chi connectivity index (χ3n) is 4.17. The van der Waals surface area contributed by atoms with Crippen molar-refractivity contribution in [1.82, 2.24) is 10.4 Å². The van der Waals surface area contributed by atoms with Crippen LogP contribution < -0.4 is 19.6 Å². The van der Waals surface area contributed by atoms with Crippen molar-refractivity contribution in [3.05, 3.63) is 88.2 Å². The Morgan fingerprint density at radius 1 is 1.06 bits per heavy atom. The van der Waals surface area contributed by atoms with Crippen molar-refractivity contribution in [3.8, 4) is 17.2 Å². The quantitative estimate of drug-likeness (QED) is 0.224. The number of pyridine rings is 1. The van der Waals surface area contributed by atoms with E-state index in [0.717, 1.165) is 0 Å². The summed E-state index contributed by atoms with van der Waals surface area (Å²) in [5.41, 5.74) is 3.60. The monoisotopic (exact) mass is 436 g/mol. The minimum Gasteiger partial charge on any atom is -0.493 e. The summed E-state index contributed by atoms with van der Waals surface area (Å²) >= 11 is 0. The predicted molar refractivity (Wildman–Crippen MR) is 116 cm³/mol. The zero-order valence-electron chi connectivity index (χ0n) is 17.1. The first-order valence-corrected chi connectivity index (χ1v) is 9.48. The zero-order valence-corrected chi connectivity index (χ0v) is 17.1. The Balaban J connectivity index is 1.50. The lowest BCUT2D eigenvalue weighted by molar-refractivity contribution is -0.384. The number of carbonyl (C=O) groups excluding carboxylic acids is 1. The van der Waals surface area contributed by atoms with E-state index < -0.39 is 4.92 Å². The van der Waals surface area contributed by atoms with Crippen molar-refractivity contribution in [3.63, 3.8) is 0 Å². The second-order valence-corrected chi connectivity index (χ2v) is 6.29. The van der Waals surface area contributed by atoms with Crippen molar-refractivity contribution in [2.75, 3.05) is 20.3 Å². The number of hydrogen-bond donors (Lipinski definition) is 1. The van der Waals surface area contributed by atoms with Gasteiger partial charge in [-0.2, -0.15) is 5.10 Å². The lowest BCUT2D eigenvalue weighted by Gasteiger charge is -2.12. The van der Waals surface area contributed by atoms with E-state index in [1.165, 1.54) is 50.0 Å². The number of rotatable bonds is 10. The van der Waals surface area contributed by atoms with E-state index >= 15 is 0 Å². The van der Waals surface area contributed by atoms with Gasteiger partial charge in [-0.1, -0.05) is 0 Å². The van der Waals surface area contributed by atoms with Crippen LogP contribution in [-0.2, 0) is 0 Å². The molecule has 0 aliphatic rings. The van der Waals surface area contributed by atoms with Gasteiger partial charge in [0.05, 0.1) is 18.2 Å². The molecule has 2 aromatic carbocycles. The molecule has 0 bridgehead atoms. The van der Waals surface area contributed by atoms with Crippen LogP contribution in [0.3, 0.4) is 0 Å². The summed E-state index contributed by atoms with van der Waals surface area (Å²) in [5.74, 6) is 1.16. The van der Waals surface area contributed by atoms with Gasteiger partial charge < -0.3 is 14.2 Å². The molecule has 32 heavy (non-hydrogen) atoms. The van der Waals surface area contributed by atoms with Gasteiger partial charge in [0.25, 0.3) is 11.6 Å². The van der Waals surface area contributed by atoms with Crippen LogP contribution in [0.2, 0.25) is 0 Å². The van der Waals surface area contributed by atoms with Crippen LogP contribution in [0, 0.1) is 10.1 Å². The Kier molecular flexibility index (Phi) is 7.68. The van der Waals surface area contributed by atoms with Crippen molar-refractivity contribution < 1.29 is 23.9 Å². The van der Waals surface area contributed by atoms with Gasteiger partial charge in [0.1, 0.15) is 19.0 Å². The lowest BCUT2D eigenvalue weighted by Crippen LogP contribution is -2.17. The first kappa shape index (κ1) is 22.2. The fourth-order valence-electron chi connectivity index (χ4n) is 2.59. The maximum atomic E-state index is 12.0. The highest BCUT2D eigenvalue weighted by Gasteiger charge is 2.07. The molecule has 10 heteroatoms. The number of non-ortho nitro benzene ring substituents is 1. The number of hydrogen-bond acceptors (Lipinski definition) is 8. The first-order valence-electron chi connectivity index (χ1n) is 9.48. The largest absolute Gasteiger partial charge is 0.493 e. The summed E-state index contributed by atoms with van der Waals surface area (Å²) in [5, 5.41) is 14.6. The zero-order chi connectivity index (χ0) is 22.8. The first-order chi connectivity index (χ1) is 15.6. The molecule has 0 saturated heterocycles. The van der Waals surface area contributed by atoms with Crippen LogP contribution in [0.4, 0.5) is 5.69 Å². The van der Waals surface area contributed by atoms with Gasteiger partial charge in [-0.3, -0.25) is 19.9 Å². The smallest absolute Gasteiger partial charge is 0.271 e. The Morgan fingerprint density at radius 2 is 1.78 bits per heavy atom. The lowest BCUT2D eigenvalue weighted by atomic mass is 10.2. The molecule has 3 rings (SSSR count). The second-order valence-electron chi connectivity index (χ2n) is 6.29. The molecule has 0 spiro atoms. The third-order valence-corrected chi connectivity index (χ3v) is 4.17. The Labute approximate surface area is 183 Å². The molecular weight excluding hydrogens is 416 g/mol. The average Bonchev–Trinajstić information content (AvgIpc) is 2.83. The van der Waals surface area contributed by atoms with Crippen LogP contribution >= 0.6 is 0 Å². The van der Waals surface area contributed by atoms with Gasteiger partial charge in [-0.25, -0.2) is 5.43 Å². The Hall–Kier alpha value is -4.47. The molecule has 0 fully saturated rings. The number of aromatic nitrogens is 1. The number of amides is 1. The van der Waals surface area contributed by atoms with E-state index in [2.05, 4.69) is 15.5 Å². The number of nitro benzene ring substituents is 1. The molecule has 0 aliphatic heterocycles. The number of nitro groups is 1. The van der Waals surface area contributed by atoms with Crippen LogP contribution in [0.15, 0.2) is 72.1 Å². The number of benzene rings is 2. The van der Waals surface area contributed by atoms with Crippen molar-refractivity contribution in [2.24, 2.45) is 5.10 Å². The van der Waals surface area contributed by atoms with Crippen LogP contribution in [0.25, 0.3) is 0 Å². The predicted octanol–water partition coefficient (Wildman–Crippen LogP) is 3.22. The SMILES string of the molecule is COc1cc(C=NNC(=O)c2ccncc2)ccc1OCCOc1ccc([N+](=O)[O-])cc1. The standard InChI is InChI=1S/C22H20N4O6/c1-30-21-14-16(15-24-25-22(27)17-8-10-23-11-9-17)2-7-20(21)32-13-12-31-19-5-3-18(4-6-19)26(28)29/h2-11,14-15H,12-13H2,1H3,(H,25,27). The van der Waals surface area contributed by atoms with E-state index in [4.69, 9.17) is 14.2 Å². The molecule has 0 saturated carbocycles. The Morgan fingerprint density at radius 3 is 2.47 bits per heavy atom. The number of nitrogens with one attached hydrogen (secondary N) is 1. The summed E-state index contributed by atoms with van der Waals surface area (Å²) < 4.78 is 16.6. The van der Waals surface area contributed by atoms with E-state index in [1.54, 1.807) is 30.3 Å². The molecular formula is C22H20N4O6. The maximum absolute atomic E-state index is 12.0. The van der Waals surface area contributed by atoms with Gasteiger partial charge in [0, 0.05) is 30.1 Å². The molecule has 1 N–H and O–H groups in total. The molecule has 0 atom stereocenters. The van der Waals surface area contributed by atoms with E-state index in [1.807, 2.05) is 0 Å². The van der Waals surface area contributed by atoms with E-state index in [-0.39, 0.29) is 24.8 Å². The molecule has 1 heterocycles. The molecule has 164 valence electrons. The van der Waals surface area contributed by atoms with Gasteiger partial charge >= 0.3 is 0 Å². The van der Waals surface area contributed by atoms with Crippen LogP contribution in [-0.4, -0.2) is 42.4 Å². The molecule has 0 unspecified atom stereocenters. The van der Waals surface area contributed by atoms with Gasteiger partial charge in [-0.15, -0.1) is 0 Å². The van der Waals surface area contributed by atoms with Gasteiger partial charge in [0.2, 0.25) is 0 Å². The van der Waals surface area contributed by atoms with Crippen LogP contribution in [0.1, 0.15) is 15.9 Å². The third kappa shape index (κ3) is 6.26. The fraction of sp³-hybridized carbons (Fsp3) is 0.136. The highest BCUT2D eigenvalue weighted by atomic mass is 16.6. The molecule has 3 aromatic rings. The molecule has 0 aliphatic carbocycles. The minimum atomic E-state index is -0.470. The summed E-state index contributed by atoms with van der Waals surface area (Å²) in [7, 11) is 1.52. The fourth-order valence-corrected chi connectivity index (χ4v) is 2.59. The minimum absolute atomic E-state index is 0.00102. The maximum Gasteiger partial charge on any atom is 0.271 e. The summed E-state index contributed by atoms with van der Waals surface area (Å²) in [6.45, 7) is 0.480. The second kappa shape index (κ2) is 11.1. The summed E-state index contributed by atoms with van der Waals surface area (Å²) in [6.07, 6.45) is 4.54. The van der Waals surface area contributed by atoms with Crippen molar-refractivity contribution >= 4 is 17.8 Å². The number of hydrazone groups is 1. The van der Waals surface area contributed by atoms with Gasteiger partial charge in [0.15, 0.2) is 11.5 Å². The van der Waals surface area contributed by atoms with E-state index in [0.29, 0.717) is 28.4 Å². The average molecular weight is 436 g/mol. The van der Waals surface area contributed by atoms with Crippen molar-refractivity contribution in [1.29, 1.82) is 0 Å². The number of carbonyl (C=O) groups is 1.